The smallest absolute Gasteiger partial charge is 0.241 e. The molecule has 0 amide bonds. The molecule has 6 heteroatoms. The van der Waals surface area contributed by atoms with Gasteiger partial charge in [-0.2, -0.15) is 4.72 Å². The highest BCUT2D eigenvalue weighted by Gasteiger charge is 2.23. The Morgan fingerprint density at radius 3 is 2.15 bits per heavy atom. The van der Waals surface area contributed by atoms with Crippen molar-refractivity contribution >= 4 is 21.6 Å². The average molecular weight is 402 g/mol. The lowest BCUT2D eigenvalue weighted by Crippen LogP contribution is -2.29. The fraction of sp³-hybridized carbons (Fsp3) is 0.143. The predicted molar refractivity (Wildman–Crippen MR) is 108 cm³/mol. The number of nitrogens with one attached hydrogen (secondary N) is 1. The minimum atomic E-state index is -3.80. The summed E-state index contributed by atoms with van der Waals surface area (Å²) in [4.78, 5) is 0.0846. The Bertz CT molecular complexity index is 1020. The molecule has 0 unspecified atom stereocenters. The normalized spacial score (nSPS) is 12.6. The number of ether oxygens (including phenoxy) is 1. The summed E-state index contributed by atoms with van der Waals surface area (Å²) in [5.74, 6) is 0.425. The fourth-order valence-corrected chi connectivity index (χ4v) is 4.33. The first-order valence-corrected chi connectivity index (χ1v) is 10.2. The van der Waals surface area contributed by atoms with Crippen molar-refractivity contribution in [3.05, 3.63) is 94.5 Å². The molecule has 0 bridgehead atoms. The summed E-state index contributed by atoms with van der Waals surface area (Å²) in [6.45, 7) is 1.99. The van der Waals surface area contributed by atoms with E-state index in [-0.39, 0.29) is 9.92 Å². The first-order valence-electron chi connectivity index (χ1n) is 8.38. The third kappa shape index (κ3) is 4.50. The molecule has 0 aliphatic carbocycles. The molecule has 0 aliphatic heterocycles. The van der Waals surface area contributed by atoms with Crippen molar-refractivity contribution in [2.75, 3.05) is 7.11 Å². The SMILES string of the molecule is COc1ccc(S(=O)(=O)N[C@@H](c2ccccc2)c2ccc(C)cc2)cc1Cl. The Hall–Kier alpha value is -2.34. The lowest BCUT2D eigenvalue weighted by molar-refractivity contribution is 0.414. The fourth-order valence-electron chi connectivity index (χ4n) is 2.77. The van der Waals surface area contributed by atoms with Gasteiger partial charge in [0.25, 0.3) is 0 Å². The maximum atomic E-state index is 13.0. The van der Waals surface area contributed by atoms with Crippen molar-refractivity contribution in [3.8, 4) is 5.75 Å². The highest BCUT2D eigenvalue weighted by atomic mass is 35.5. The lowest BCUT2D eigenvalue weighted by Gasteiger charge is -2.20. The number of sulfonamides is 1. The quantitative estimate of drug-likeness (QED) is 0.649. The van der Waals surface area contributed by atoms with E-state index in [4.69, 9.17) is 16.3 Å². The molecular weight excluding hydrogens is 382 g/mol. The van der Waals surface area contributed by atoms with Crippen LogP contribution in [0.15, 0.2) is 77.7 Å². The molecule has 3 aromatic carbocycles. The number of rotatable bonds is 6. The van der Waals surface area contributed by atoms with Gasteiger partial charge in [-0.15, -0.1) is 0 Å². The first kappa shape index (κ1) is 19.4. The standard InChI is InChI=1S/C21H20ClNO3S/c1-15-8-10-17(11-9-15)21(16-6-4-3-5-7-16)23-27(24,25)18-12-13-20(26-2)19(22)14-18/h3-14,21,23H,1-2H3/t21-/m0/s1. The van der Waals surface area contributed by atoms with Crippen molar-refractivity contribution in [1.29, 1.82) is 0 Å². The molecule has 140 valence electrons. The van der Waals surface area contributed by atoms with Crippen LogP contribution in [-0.4, -0.2) is 15.5 Å². The molecule has 27 heavy (non-hydrogen) atoms. The molecule has 0 fully saturated rings. The molecule has 0 heterocycles. The molecule has 0 radical (unpaired) electrons. The highest BCUT2D eigenvalue weighted by Crippen LogP contribution is 2.29. The third-order valence-electron chi connectivity index (χ3n) is 4.25. The number of aryl methyl sites for hydroxylation is 1. The van der Waals surface area contributed by atoms with Crippen LogP contribution >= 0.6 is 11.6 Å². The molecular formula is C21H20ClNO3S. The molecule has 1 N–H and O–H groups in total. The number of benzene rings is 3. The first-order chi connectivity index (χ1) is 12.9. The van der Waals surface area contributed by atoms with Crippen LogP contribution in [0.25, 0.3) is 0 Å². The molecule has 0 aromatic heterocycles. The molecule has 3 aromatic rings. The van der Waals surface area contributed by atoms with E-state index in [9.17, 15) is 8.42 Å². The Morgan fingerprint density at radius 2 is 1.56 bits per heavy atom. The molecule has 1 atom stereocenters. The van der Waals surface area contributed by atoms with Gasteiger partial charge in [0.2, 0.25) is 10.0 Å². The van der Waals surface area contributed by atoms with E-state index >= 15 is 0 Å². The minimum Gasteiger partial charge on any atom is -0.495 e. The third-order valence-corrected chi connectivity index (χ3v) is 5.97. The van der Waals surface area contributed by atoms with Crippen LogP contribution in [0, 0.1) is 6.92 Å². The van der Waals surface area contributed by atoms with Crippen LogP contribution < -0.4 is 9.46 Å². The van der Waals surface area contributed by atoms with E-state index in [0.717, 1.165) is 16.7 Å². The maximum Gasteiger partial charge on any atom is 0.241 e. The summed E-state index contributed by atoms with van der Waals surface area (Å²) in [6.07, 6.45) is 0. The van der Waals surface area contributed by atoms with Gasteiger partial charge in [0.15, 0.2) is 0 Å². The number of methoxy groups -OCH3 is 1. The van der Waals surface area contributed by atoms with Crippen LogP contribution in [0.1, 0.15) is 22.7 Å². The van der Waals surface area contributed by atoms with Crippen molar-refractivity contribution in [1.82, 2.24) is 4.72 Å². The van der Waals surface area contributed by atoms with E-state index in [1.54, 1.807) is 6.07 Å². The molecule has 0 spiro atoms. The summed E-state index contributed by atoms with van der Waals surface area (Å²) in [6, 6.07) is 21.1. The van der Waals surface area contributed by atoms with Crippen molar-refractivity contribution in [2.45, 2.75) is 17.9 Å². The molecule has 0 aliphatic rings. The number of hydrogen-bond donors (Lipinski definition) is 1. The van der Waals surface area contributed by atoms with E-state index in [1.807, 2.05) is 61.5 Å². The van der Waals surface area contributed by atoms with Crippen molar-refractivity contribution in [3.63, 3.8) is 0 Å². The minimum absolute atomic E-state index is 0.0846. The Kier molecular flexibility index (Phi) is 5.85. The van der Waals surface area contributed by atoms with Gasteiger partial charge in [-0.1, -0.05) is 71.8 Å². The van der Waals surface area contributed by atoms with Gasteiger partial charge in [-0.05, 0) is 36.2 Å². The molecule has 4 nitrogen and oxygen atoms in total. The van der Waals surface area contributed by atoms with Gasteiger partial charge in [-0.3, -0.25) is 0 Å². The van der Waals surface area contributed by atoms with Crippen LogP contribution in [0.3, 0.4) is 0 Å². The molecule has 0 saturated heterocycles. The summed E-state index contributed by atoms with van der Waals surface area (Å²) in [5.41, 5.74) is 2.81. The van der Waals surface area contributed by atoms with Gasteiger partial charge >= 0.3 is 0 Å². The van der Waals surface area contributed by atoms with Gasteiger partial charge < -0.3 is 4.74 Å². The second-order valence-corrected chi connectivity index (χ2v) is 8.29. The zero-order valence-corrected chi connectivity index (χ0v) is 16.6. The Labute approximate surface area is 164 Å². The number of halogens is 1. The van der Waals surface area contributed by atoms with Gasteiger partial charge in [0, 0.05) is 0 Å². The number of hydrogen-bond acceptors (Lipinski definition) is 3. The summed E-state index contributed by atoms with van der Waals surface area (Å²) < 4.78 is 33.9. The van der Waals surface area contributed by atoms with Crippen molar-refractivity contribution < 1.29 is 13.2 Å². The van der Waals surface area contributed by atoms with Crippen LogP contribution in [0.2, 0.25) is 5.02 Å². The van der Waals surface area contributed by atoms with Gasteiger partial charge in [-0.25, -0.2) is 8.42 Å². The van der Waals surface area contributed by atoms with Crippen LogP contribution in [0.5, 0.6) is 5.75 Å². The zero-order chi connectivity index (χ0) is 19.4. The highest BCUT2D eigenvalue weighted by molar-refractivity contribution is 7.89. The zero-order valence-electron chi connectivity index (χ0n) is 15.0. The van der Waals surface area contributed by atoms with E-state index in [0.29, 0.717) is 5.75 Å². The predicted octanol–water partition coefficient (Wildman–Crippen LogP) is 4.72. The van der Waals surface area contributed by atoms with Gasteiger partial charge in [0.1, 0.15) is 5.75 Å². The Balaban J connectivity index is 2.00. The van der Waals surface area contributed by atoms with E-state index < -0.39 is 16.1 Å². The molecule has 0 saturated carbocycles. The summed E-state index contributed by atoms with van der Waals surface area (Å²) in [7, 11) is -2.32. The van der Waals surface area contributed by atoms with Gasteiger partial charge in [0.05, 0.1) is 23.1 Å². The maximum absolute atomic E-state index is 13.0. The second-order valence-electron chi connectivity index (χ2n) is 6.17. The largest absolute Gasteiger partial charge is 0.495 e. The molecule has 3 rings (SSSR count). The summed E-state index contributed by atoms with van der Waals surface area (Å²) in [5, 5.41) is 0.243. The van der Waals surface area contributed by atoms with Crippen LogP contribution in [0.4, 0.5) is 0 Å². The lowest BCUT2D eigenvalue weighted by atomic mass is 9.99. The van der Waals surface area contributed by atoms with Crippen molar-refractivity contribution in [2.24, 2.45) is 0 Å². The van der Waals surface area contributed by atoms with E-state index in [2.05, 4.69) is 4.72 Å². The second kappa shape index (κ2) is 8.13. The Morgan fingerprint density at radius 1 is 0.926 bits per heavy atom. The topological polar surface area (TPSA) is 55.4 Å². The van der Waals surface area contributed by atoms with E-state index in [1.165, 1.54) is 19.2 Å². The summed E-state index contributed by atoms with van der Waals surface area (Å²) >= 11 is 6.11. The van der Waals surface area contributed by atoms with Crippen LogP contribution in [-0.2, 0) is 10.0 Å². The monoisotopic (exact) mass is 401 g/mol. The average Bonchev–Trinajstić information content (AvgIpc) is 2.67.